The summed E-state index contributed by atoms with van der Waals surface area (Å²) in [5, 5.41) is 0.359. The lowest BCUT2D eigenvalue weighted by molar-refractivity contribution is -0.161. The molecule has 0 radical (unpaired) electrons. The highest BCUT2D eigenvalue weighted by molar-refractivity contribution is 6.07. The number of nitrogens with zero attached hydrogens (tertiary/aromatic N) is 3. The number of halogens is 3. The van der Waals surface area contributed by atoms with Crippen LogP contribution in [0.4, 0.5) is 18.9 Å². The largest absolute Gasteiger partial charge is 0.488 e. The Balaban J connectivity index is 1.33. The van der Waals surface area contributed by atoms with E-state index in [1.165, 1.54) is 23.7 Å². The van der Waals surface area contributed by atoms with Crippen molar-refractivity contribution in [3.63, 3.8) is 0 Å². The highest BCUT2D eigenvalue weighted by atomic mass is 19.4. The number of aromatic nitrogens is 2. The van der Waals surface area contributed by atoms with E-state index in [4.69, 9.17) is 24.6 Å². The van der Waals surface area contributed by atoms with E-state index in [-0.39, 0.29) is 47.9 Å². The average molecular weight is 611 g/mol. The zero-order valence-corrected chi connectivity index (χ0v) is 24.5. The molecule has 9 nitrogen and oxygen atoms in total. The number of amides is 1. The molecule has 1 unspecified atom stereocenters. The van der Waals surface area contributed by atoms with Gasteiger partial charge in [-0.05, 0) is 56.4 Å². The van der Waals surface area contributed by atoms with Crippen LogP contribution in [-0.4, -0.2) is 54.0 Å². The van der Waals surface area contributed by atoms with Crippen molar-refractivity contribution in [3.8, 4) is 5.75 Å². The number of pyridine rings is 1. The minimum atomic E-state index is -4.51. The Labute approximate surface area is 250 Å². The fourth-order valence-electron chi connectivity index (χ4n) is 6.77. The van der Waals surface area contributed by atoms with Gasteiger partial charge in [0, 0.05) is 49.5 Å². The van der Waals surface area contributed by atoms with Crippen molar-refractivity contribution < 1.29 is 31.9 Å². The molecule has 2 saturated heterocycles. The van der Waals surface area contributed by atoms with Crippen molar-refractivity contribution in [1.29, 1.82) is 0 Å². The van der Waals surface area contributed by atoms with Gasteiger partial charge in [-0.15, -0.1) is 0 Å². The molecule has 2 aliphatic heterocycles. The molecule has 1 saturated carbocycles. The highest BCUT2D eigenvalue weighted by Crippen LogP contribution is 2.61. The molecule has 4 heterocycles. The summed E-state index contributed by atoms with van der Waals surface area (Å²) in [5.41, 5.74) is 6.06. The molecule has 1 amide bonds. The number of aryl methyl sites for hydroxylation is 2. The van der Waals surface area contributed by atoms with Gasteiger partial charge in [0.2, 0.25) is 0 Å². The van der Waals surface area contributed by atoms with Gasteiger partial charge in [0.25, 0.3) is 11.5 Å². The molecule has 0 bridgehead atoms. The normalized spacial score (nSPS) is 20.5. The summed E-state index contributed by atoms with van der Waals surface area (Å²) in [6.07, 6.45) is -3.29. The van der Waals surface area contributed by atoms with Crippen molar-refractivity contribution in [1.82, 2.24) is 9.55 Å². The number of primary amides is 1. The number of ether oxygens (including phenoxy) is 2. The minimum absolute atomic E-state index is 0.00190. The van der Waals surface area contributed by atoms with E-state index in [0.717, 1.165) is 11.1 Å². The van der Waals surface area contributed by atoms with E-state index in [2.05, 4.69) is 0 Å². The summed E-state index contributed by atoms with van der Waals surface area (Å²) >= 11 is 0. The van der Waals surface area contributed by atoms with Gasteiger partial charge in [-0.3, -0.25) is 9.59 Å². The molecule has 1 atom stereocenters. The first-order chi connectivity index (χ1) is 21.0. The SMILES string of the molecule is Cc1ccc2oc(C3CCN(c4c(C(N)=O)c(=O)n(C)c5cc(OC6CCOC6)c(C6(C(F)(F)F)CC6)cc45)CC3)nc2c1. The average Bonchev–Trinajstić information content (AvgIpc) is 3.46. The topological polar surface area (TPSA) is 113 Å². The molecule has 12 heteroatoms. The van der Waals surface area contributed by atoms with Gasteiger partial charge in [-0.2, -0.15) is 13.2 Å². The standard InChI is InChI=1S/C32H33F3N4O5/c1-17-3-4-24-22(13-17)37-29(44-24)18-5-10-39(11-6-18)27-20-14-21(31(8-9-31)32(33,34)35)25(43-19-7-12-42-16-19)15-23(20)38(2)30(41)26(27)28(36)40/h3-4,13-15,18-19H,5-12,16H2,1-2H3,(H2,36,40). The van der Waals surface area contributed by atoms with E-state index < -0.39 is 29.2 Å². The zero-order chi connectivity index (χ0) is 31.0. The number of benzene rings is 2. The molecule has 44 heavy (non-hydrogen) atoms. The number of hydrogen-bond acceptors (Lipinski definition) is 7. The fourth-order valence-corrected chi connectivity index (χ4v) is 6.77. The Morgan fingerprint density at radius 3 is 2.52 bits per heavy atom. The van der Waals surface area contributed by atoms with Gasteiger partial charge in [-0.25, -0.2) is 4.98 Å². The zero-order valence-electron chi connectivity index (χ0n) is 24.5. The number of hydrogen-bond donors (Lipinski definition) is 1. The van der Waals surface area contributed by atoms with Gasteiger partial charge in [0.15, 0.2) is 11.5 Å². The Morgan fingerprint density at radius 1 is 1.14 bits per heavy atom. The maximum atomic E-state index is 14.5. The molecule has 7 rings (SSSR count). The molecule has 0 spiro atoms. The van der Waals surface area contributed by atoms with Gasteiger partial charge < -0.3 is 29.1 Å². The summed E-state index contributed by atoms with van der Waals surface area (Å²) in [7, 11) is 1.49. The minimum Gasteiger partial charge on any atom is -0.488 e. The first-order valence-corrected chi connectivity index (χ1v) is 14.9. The molecular formula is C32H33F3N4O5. The number of piperidine rings is 1. The van der Waals surface area contributed by atoms with Crippen LogP contribution in [0.15, 0.2) is 39.5 Å². The monoisotopic (exact) mass is 610 g/mol. The summed E-state index contributed by atoms with van der Waals surface area (Å²) < 4.78 is 62.5. The molecule has 1 aliphatic carbocycles. The predicted octanol–water partition coefficient (Wildman–Crippen LogP) is 5.23. The fraction of sp³-hybridized carbons (Fsp3) is 0.469. The predicted molar refractivity (Wildman–Crippen MR) is 157 cm³/mol. The maximum Gasteiger partial charge on any atom is 0.398 e. The molecule has 3 aliphatic rings. The number of alkyl halides is 3. The van der Waals surface area contributed by atoms with E-state index in [9.17, 15) is 22.8 Å². The number of oxazole rings is 1. The van der Waals surface area contributed by atoms with Gasteiger partial charge in [0.1, 0.15) is 22.9 Å². The molecule has 2 aromatic carbocycles. The molecular weight excluding hydrogens is 577 g/mol. The third kappa shape index (κ3) is 4.61. The summed E-state index contributed by atoms with van der Waals surface area (Å²) in [4.78, 5) is 32.9. The van der Waals surface area contributed by atoms with Gasteiger partial charge in [0.05, 0.1) is 29.8 Å². The smallest absolute Gasteiger partial charge is 0.398 e. The molecule has 4 aromatic rings. The third-order valence-corrected chi connectivity index (χ3v) is 9.43. The van der Waals surface area contributed by atoms with Crippen LogP contribution in [-0.2, 0) is 17.2 Å². The van der Waals surface area contributed by atoms with Crippen LogP contribution in [0.25, 0.3) is 22.0 Å². The second-order valence-corrected chi connectivity index (χ2v) is 12.3. The Bertz CT molecular complexity index is 1840. The Morgan fingerprint density at radius 2 is 1.89 bits per heavy atom. The van der Waals surface area contributed by atoms with Gasteiger partial charge >= 0.3 is 6.18 Å². The Hall–Kier alpha value is -4.06. The lowest BCUT2D eigenvalue weighted by atomic mass is 9.90. The molecule has 2 aromatic heterocycles. The lowest BCUT2D eigenvalue weighted by Crippen LogP contribution is -2.38. The second-order valence-electron chi connectivity index (χ2n) is 12.3. The first kappa shape index (κ1) is 28.7. The summed E-state index contributed by atoms with van der Waals surface area (Å²) in [6, 6.07) is 8.80. The van der Waals surface area contributed by atoms with Crippen LogP contribution in [0.3, 0.4) is 0 Å². The van der Waals surface area contributed by atoms with Crippen molar-refractivity contribution in [3.05, 3.63) is 63.3 Å². The van der Waals surface area contributed by atoms with Gasteiger partial charge in [-0.1, -0.05) is 6.07 Å². The van der Waals surface area contributed by atoms with Crippen molar-refractivity contribution in [2.45, 2.75) is 62.6 Å². The van der Waals surface area contributed by atoms with Crippen LogP contribution in [0.1, 0.15) is 65.4 Å². The van der Waals surface area contributed by atoms with Crippen LogP contribution in [0.5, 0.6) is 5.75 Å². The number of fused-ring (bicyclic) bond motifs is 2. The second kappa shape index (κ2) is 10.3. The first-order valence-electron chi connectivity index (χ1n) is 14.9. The number of anilines is 1. The third-order valence-electron chi connectivity index (χ3n) is 9.43. The van der Waals surface area contributed by atoms with E-state index >= 15 is 0 Å². The van der Waals surface area contributed by atoms with Crippen molar-refractivity contribution >= 4 is 33.6 Å². The molecule has 2 N–H and O–H groups in total. The number of carbonyl (C=O) groups excluding carboxylic acids is 1. The van der Waals surface area contributed by atoms with Crippen molar-refractivity contribution in [2.75, 3.05) is 31.2 Å². The number of nitrogens with two attached hydrogens (primary N) is 1. The van der Waals surface area contributed by atoms with Crippen molar-refractivity contribution in [2.24, 2.45) is 12.8 Å². The summed E-state index contributed by atoms with van der Waals surface area (Å²) in [5.74, 6) is -0.227. The molecule has 3 fully saturated rings. The molecule has 232 valence electrons. The van der Waals surface area contributed by atoms with E-state index in [1.54, 1.807) is 0 Å². The Kier molecular flexibility index (Phi) is 6.69. The van der Waals surface area contributed by atoms with Crippen LogP contribution in [0, 0.1) is 6.92 Å². The lowest BCUT2D eigenvalue weighted by Gasteiger charge is -2.34. The maximum absolute atomic E-state index is 14.5. The highest BCUT2D eigenvalue weighted by Gasteiger charge is 2.65. The van der Waals surface area contributed by atoms with E-state index in [0.29, 0.717) is 61.3 Å². The number of rotatable bonds is 6. The van der Waals surface area contributed by atoms with Crippen LogP contribution < -0.4 is 20.9 Å². The van der Waals surface area contributed by atoms with E-state index in [1.807, 2.05) is 30.0 Å². The van der Waals surface area contributed by atoms with Crippen LogP contribution in [0.2, 0.25) is 0 Å². The van der Waals surface area contributed by atoms with Crippen LogP contribution >= 0.6 is 0 Å². The summed E-state index contributed by atoms with van der Waals surface area (Å²) in [6.45, 7) is 3.56. The quantitative estimate of drug-likeness (QED) is 0.318. The number of carbonyl (C=O) groups is 1.